The average molecular weight is 487 g/mol. The maximum absolute atomic E-state index is 13.2. The number of nitrogens with zero attached hydrogens (tertiary/aromatic N) is 2. The van der Waals surface area contributed by atoms with Crippen molar-refractivity contribution in [1.82, 2.24) is 14.5 Å². The molecule has 2 aromatic carbocycles. The minimum atomic E-state index is -4.57. The number of H-pyrrole nitrogens is 2. The second-order valence-electron chi connectivity index (χ2n) is 7.78. The summed E-state index contributed by atoms with van der Waals surface area (Å²) in [5.74, 6) is -0.584. The Morgan fingerprint density at radius 2 is 1.97 bits per heavy atom. The van der Waals surface area contributed by atoms with Crippen LogP contribution in [-0.4, -0.2) is 31.9 Å². The molecule has 4 rings (SSSR count). The summed E-state index contributed by atoms with van der Waals surface area (Å²) in [6.07, 6.45) is -0.141. The molecule has 0 bridgehead atoms. The van der Waals surface area contributed by atoms with Crippen LogP contribution >= 0.6 is 12.2 Å². The van der Waals surface area contributed by atoms with E-state index in [0.29, 0.717) is 12.8 Å². The van der Waals surface area contributed by atoms with Gasteiger partial charge in [0.05, 0.1) is 17.3 Å². The third kappa shape index (κ3) is 4.67. The molecule has 3 N–H and O–H groups in total. The van der Waals surface area contributed by atoms with Gasteiger partial charge < -0.3 is 10.1 Å². The number of aromatic nitrogens is 3. The highest BCUT2D eigenvalue weighted by Crippen LogP contribution is 2.31. The molecule has 1 atom stereocenters. The first-order valence-electron chi connectivity index (χ1n) is 10.5. The molecule has 0 spiro atoms. The van der Waals surface area contributed by atoms with Crippen LogP contribution in [0.15, 0.2) is 64.5 Å². The average Bonchev–Trinajstić information content (AvgIpc) is 3.20. The van der Waals surface area contributed by atoms with Gasteiger partial charge in [0.2, 0.25) is 5.88 Å². The molecule has 0 amide bonds. The van der Waals surface area contributed by atoms with Crippen molar-refractivity contribution in [2.45, 2.75) is 32.0 Å². The van der Waals surface area contributed by atoms with Gasteiger partial charge in [0.25, 0.3) is 5.56 Å². The van der Waals surface area contributed by atoms with Crippen molar-refractivity contribution in [3.63, 3.8) is 0 Å². The molecule has 0 aliphatic heterocycles. The largest absolute Gasteiger partial charge is 0.494 e. The number of halogens is 3. The number of rotatable bonds is 6. The van der Waals surface area contributed by atoms with Crippen LogP contribution in [0.4, 0.5) is 13.2 Å². The lowest BCUT2D eigenvalue weighted by Crippen LogP contribution is -2.19. The Morgan fingerprint density at radius 1 is 1.21 bits per heavy atom. The van der Waals surface area contributed by atoms with Crippen LogP contribution in [0, 0.1) is 4.77 Å². The van der Waals surface area contributed by atoms with Gasteiger partial charge in [-0.2, -0.15) is 13.2 Å². The Balaban J connectivity index is 1.69. The molecule has 2 heterocycles. The number of aromatic amines is 2. The van der Waals surface area contributed by atoms with Gasteiger partial charge >= 0.3 is 6.18 Å². The first kappa shape index (κ1) is 23.5. The van der Waals surface area contributed by atoms with Crippen molar-refractivity contribution >= 4 is 29.3 Å². The highest BCUT2D eigenvalue weighted by molar-refractivity contribution is 7.71. The molecule has 0 aliphatic carbocycles. The van der Waals surface area contributed by atoms with Gasteiger partial charge in [-0.05, 0) is 54.9 Å². The first-order chi connectivity index (χ1) is 16.2. The van der Waals surface area contributed by atoms with Gasteiger partial charge in [-0.25, -0.2) is 0 Å². The van der Waals surface area contributed by atoms with Crippen LogP contribution in [0.25, 0.3) is 16.6 Å². The Labute approximate surface area is 197 Å². The Morgan fingerprint density at radius 3 is 2.71 bits per heavy atom. The number of nitrogens with one attached hydrogen (secondary N) is 2. The SMILES string of the molecule is CCC(Cc1c[nH]c2ccccc12)N=Cc1c(O)n(-c2cccc(C(F)(F)F)c2)c(=S)[nH]c1=O. The van der Waals surface area contributed by atoms with Crippen molar-refractivity contribution < 1.29 is 18.3 Å². The molecule has 176 valence electrons. The zero-order valence-corrected chi connectivity index (χ0v) is 18.9. The normalized spacial score (nSPS) is 13.1. The molecule has 0 aliphatic rings. The fourth-order valence-corrected chi connectivity index (χ4v) is 4.04. The standard InChI is InChI=1S/C24H21F3N4O2S/c1-2-16(10-14-12-29-20-9-4-3-8-18(14)20)28-13-19-21(32)30-23(34)31(22(19)33)17-7-5-6-15(11-17)24(25,26)27/h3-9,11-13,16,29,33H,2,10H2,1H3,(H,30,32,34). The molecule has 0 radical (unpaired) electrons. The first-order valence-corrected chi connectivity index (χ1v) is 10.9. The van der Waals surface area contributed by atoms with Gasteiger partial charge in [0.1, 0.15) is 5.56 Å². The molecule has 0 saturated carbocycles. The summed E-state index contributed by atoms with van der Waals surface area (Å²) in [5, 5.41) is 11.9. The summed E-state index contributed by atoms with van der Waals surface area (Å²) >= 11 is 5.10. The Kier molecular flexibility index (Phi) is 6.43. The second kappa shape index (κ2) is 9.30. The maximum atomic E-state index is 13.2. The van der Waals surface area contributed by atoms with Crippen LogP contribution in [-0.2, 0) is 12.6 Å². The van der Waals surface area contributed by atoms with Gasteiger partial charge in [0.15, 0.2) is 4.77 Å². The molecule has 2 aromatic heterocycles. The van der Waals surface area contributed by atoms with E-state index in [1.807, 2.05) is 37.4 Å². The number of para-hydroxylation sites is 1. The summed E-state index contributed by atoms with van der Waals surface area (Å²) in [6.45, 7) is 1.95. The smallest absolute Gasteiger partial charge is 0.416 e. The minimum absolute atomic E-state index is 0.0333. The van der Waals surface area contributed by atoms with E-state index in [2.05, 4.69) is 15.0 Å². The Hall–Kier alpha value is -3.66. The van der Waals surface area contributed by atoms with Gasteiger partial charge in [-0.1, -0.05) is 31.2 Å². The summed E-state index contributed by atoms with van der Waals surface area (Å²) in [5.41, 5.74) is 0.262. The van der Waals surface area contributed by atoms with Crippen molar-refractivity contribution in [3.8, 4) is 11.6 Å². The van der Waals surface area contributed by atoms with Gasteiger partial charge in [-0.3, -0.25) is 19.3 Å². The number of hydrogen-bond acceptors (Lipinski definition) is 4. The lowest BCUT2D eigenvalue weighted by molar-refractivity contribution is -0.137. The zero-order valence-electron chi connectivity index (χ0n) is 18.1. The molecule has 10 heteroatoms. The molecule has 1 unspecified atom stereocenters. The van der Waals surface area contributed by atoms with Crippen LogP contribution in [0.3, 0.4) is 0 Å². The van der Waals surface area contributed by atoms with Crippen LogP contribution in [0.1, 0.15) is 30.0 Å². The molecule has 6 nitrogen and oxygen atoms in total. The van der Waals surface area contributed by atoms with Gasteiger partial charge in [0, 0.05) is 23.3 Å². The molecular formula is C24H21F3N4O2S. The van der Waals surface area contributed by atoms with Crippen molar-refractivity contribution in [1.29, 1.82) is 0 Å². The molecule has 0 saturated heterocycles. The lowest BCUT2D eigenvalue weighted by atomic mass is 10.0. The van der Waals surface area contributed by atoms with E-state index < -0.39 is 23.2 Å². The number of benzene rings is 2. The van der Waals surface area contributed by atoms with E-state index in [1.54, 1.807) is 0 Å². The van der Waals surface area contributed by atoms with E-state index in [1.165, 1.54) is 18.3 Å². The number of hydrogen-bond donors (Lipinski definition) is 3. The fraction of sp³-hybridized carbons (Fsp3) is 0.208. The topological polar surface area (TPSA) is 86.2 Å². The molecule has 4 aromatic rings. The van der Waals surface area contributed by atoms with E-state index in [0.717, 1.165) is 33.2 Å². The van der Waals surface area contributed by atoms with E-state index in [9.17, 15) is 23.1 Å². The lowest BCUT2D eigenvalue weighted by Gasteiger charge is -2.14. The van der Waals surface area contributed by atoms with Crippen molar-refractivity contribution in [2.75, 3.05) is 0 Å². The van der Waals surface area contributed by atoms with Crippen LogP contribution < -0.4 is 5.56 Å². The molecule has 0 fully saturated rings. The predicted molar refractivity (Wildman–Crippen MR) is 128 cm³/mol. The summed E-state index contributed by atoms with van der Waals surface area (Å²) in [6, 6.07) is 12.0. The van der Waals surface area contributed by atoms with Crippen LogP contribution in [0.2, 0.25) is 0 Å². The number of fused-ring (bicyclic) bond motifs is 1. The number of aromatic hydroxyl groups is 1. The minimum Gasteiger partial charge on any atom is -0.494 e. The van der Waals surface area contributed by atoms with E-state index in [-0.39, 0.29) is 22.1 Å². The predicted octanol–water partition coefficient (Wildman–Crippen LogP) is 5.54. The quantitative estimate of drug-likeness (QED) is 0.247. The summed E-state index contributed by atoms with van der Waals surface area (Å²) in [4.78, 5) is 22.6. The number of aliphatic imine (C=N–C) groups is 1. The zero-order chi connectivity index (χ0) is 24.5. The second-order valence-corrected chi connectivity index (χ2v) is 8.17. The van der Waals surface area contributed by atoms with Crippen molar-refractivity contribution in [3.05, 3.63) is 86.5 Å². The monoisotopic (exact) mass is 486 g/mol. The van der Waals surface area contributed by atoms with E-state index >= 15 is 0 Å². The third-order valence-corrected chi connectivity index (χ3v) is 5.85. The highest BCUT2D eigenvalue weighted by atomic mass is 32.1. The van der Waals surface area contributed by atoms with E-state index in [4.69, 9.17) is 12.2 Å². The highest BCUT2D eigenvalue weighted by Gasteiger charge is 2.30. The van der Waals surface area contributed by atoms with Gasteiger partial charge in [-0.15, -0.1) is 0 Å². The third-order valence-electron chi connectivity index (χ3n) is 5.57. The van der Waals surface area contributed by atoms with Crippen LogP contribution in [0.5, 0.6) is 5.88 Å². The summed E-state index contributed by atoms with van der Waals surface area (Å²) in [7, 11) is 0. The number of alkyl halides is 3. The molecule has 34 heavy (non-hydrogen) atoms. The van der Waals surface area contributed by atoms with Crippen molar-refractivity contribution in [2.24, 2.45) is 4.99 Å². The maximum Gasteiger partial charge on any atom is 0.416 e. The molecular weight excluding hydrogens is 465 g/mol. The summed E-state index contributed by atoms with van der Waals surface area (Å²) < 4.78 is 40.2. The Bertz CT molecular complexity index is 1480. The fourth-order valence-electron chi connectivity index (χ4n) is 3.75.